The van der Waals surface area contributed by atoms with Crippen LogP contribution in [0, 0.1) is 0 Å². The lowest BCUT2D eigenvalue weighted by Crippen LogP contribution is -2.30. The van der Waals surface area contributed by atoms with E-state index in [9.17, 15) is 13.2 Å². The number of fused-ring (bicyclic) bond motifs is 1. The second-order valence-electron chi connectivity index (χ2n) is 6.22. The molecule has 2 amide bonds. The van der Waals surface area contributed by atoms with Gasteiger partial charge in [0.1, 0.15) is 5.75 Å². The zero-order valence-electron chi connectivity index (χ0n) is 15.4. The van der Waals surface area contributed by atoms with E-state index in [1.54, 1.807) is 26.2 Å². The van der Waals surface area contributed by atoms with Crippen LogP contribution in [0.1, 0.15) is 18.1 Å². The molecule has 0 aromatic heterocycles. The number of rotatable bonds is 6. The van der Waals surface area contributed by atoms with E-state index in [-0.39, 0.29) is 11.8 Å². The lowest BCUT2D eigenvalue weighted by Gasteiger charge is -2.19. The van der Waals surface area contributed by atoms with Crippen LogP contribution in [0.15, 0.2) is 42.5 Å². The van der Waals surface area contributed by atoms with Crippen LogP contribution in [0.5, 0.6) is 5.75 Å². The number of ether oxygens (including phenoxy) is 1. The summed E-state index contributed by atoms with van der Waals surface area (Å²) in [4.78, 5) is 12.2. The third-order valence-corrected chi connectivity index (χ3v) is 6.29. The normalized spacial score (nSPS) is 13.2. The number of urea groups is 1. The number of methoxy groups -OCH3 is 1. The average molecular weight is 389 g/mol. The second kappa shape index (κ2) is 7.87. The zero-order chi connectivity index (χ0) is 19.4. The van der Waals surface area contributed by atoms with Crippen molar-refractivity contribution < 1.29 is 17.9 Å². The maximum atomic E-state index is 12.2. The third-order valence-electron chi connectivity index (χ3n) is 4.51. The minimum Gasteiger partial charge on any atom is -0.497 e. The zero-order valence-corrected chi connectivity index (χ0v) is 16.2. The van der Waals surface area contributed by atoms with Crippen molar-refractivity contribution in [3.05, 3.63) is 53.6 Å². The highest BCUT2D eigenvalue weighted by molar-refractivity contribution is 7.92. The second-order valence-corrected chi connectivity index (χ2v) is 8.40. The Morgan fingerprint density at radius 3 is 2.59 bits per heavy atom. The molecule has 8 heteroatoms. The summed E-state index contributed by atoms with van der Waals surface area (Å²) in [6.45, 7) is 2.44. The van der Waals surface area contributed by atoms with Crippen molar-refractivity contribution in [2.45, 2.75) is 19.9 Å². The minimum absolute atomic E-state index is 0.0481. The van der Waals surface area contributed by atoms with Gasteiger partial charge in [-0.15, -0.1) is 0 Å². The van der Waals surface area contributed by atoms with Gasteiger partial charge in [-0.25, -0.2) is 13.2 Å². The first kappa shape index (κ1) is 19.0. The smallest absolute Gasteiger partial charge is 0.319 e. The van der Waals surface area contributed by atoms with Gasteiger partial charge >= 0.3 is 6.03 Å². The molecule has 0 fully saturated rings. The van der Waals surface area contributed by atoms with E-state index >= 15 is 0 Å². The van der Waals surface area contributed by atoms with Gasteiger partial charge in [0.2, 0.25) is 10.0 Å². The maximum absolute atomic E-state index is 12.2. The van der Waals surface area contributed by atoms with Gasteiger partial charge in [0, 0.05) is 18.8 Å². The Morgan fingerprint density at radius 2 is 1.93 bits per heavy atom. The summed E-state index contributed by atoms with van der Waals surface area (Å²) in [5, 5.41) is 5.54. The summed E-state index contributed by atoms with van der Waals surface area (Å²) >= 11 is 0. The lowest BCUT2D eigenvalue weighted by atomic mass is 10.1. The number of nitrogens with one attached hydrogen (secondary N) is 2. The van der Waals surface area contributed by atoms with Crippen LogP contribution >= 0.6 is 0 Å². The predicted octanol–water partition coefficient (Wildman–Crippen LogP) is 2.73. The molecule has 3 rings (SSSR count). The molecule has 144 valence electrons. The molecule has 0 saturated heterocycles. The number of hydrogen-bond donors (Lipinski definition) is 2. The van der Waals surface area contributed by atoms with E-state index in [0.29, 0.717) is 30.9 Å². The summed E-state index contributed by atoms with van der Waals surface area (Å²) < 4.78 is 31.0. The first-order valence-electron chi connectivity index (χ1n) is 8.74. The van der Waals surface area contributed by atoms with Crippen LogP contribution in [0.4, 0.5) is 16.2 Å². The molecule has 0 spiro atoms. The standard InChI is InChI=1S/C19H23N3O4S/c1-3-27(24,25)22-11-10-15-6-7-16(12-18(15)22)21-19(23)20-13-14-4-8-17(26-2)9-5-14/h4-9,12H,3,10-11,13H2,1-2H3,(H2,20,21,23). The van der Waals surface area contributed by atoms with E-state index < -0.39 is 10.0 Å². The fourth-order valence-corrected chi connectivity index (χ4v) is 4.12. The first-order valence-corrected chi connectivity index (χ1v) is 10.3. The first-order chi connectivity index (χ1) is 12.9. The number of carbonyl (C=O) groups excluding carboxylic acids is 1. The molecule has 0 bridgehead atoms. The number of nitrogens with zero attached hydrogens (tertiary/aromatic N) is 1. The minimum atomic E-state index is -3.31. The summed E-state index contributed by atoms with van der Waals surface area (Å²) in [6.07, 6.45) is 0.679. The summed E-state index contributed by atoms with van der Waals surface area (Å²) in [5.74, 6) is 0.805. The van der Waals surface area contributed by atoms with Gasteiger partial charge in [-0.3, -0.25) is 4.31 Å². The van der Waals surface area contributed by atoms with Gasteiger partial charge in [-0.1, -0.05) is 18.2 Å². The summed E-state index contributed by atoms with van der Waals surface area (Å²) in [5.41, 5.74) is 3.11. The van der Waals surface area contributed by atoms with Crippen molar-refractivity contribution in [1.82, 2.24) is 5.32 Å². The molecule has 0 atom stereocenters. The lowest BCUT2D eigenvalue weighted by molar-refractivity contribution is 0.251. The monoisotopic (exact) mass is 389 g/mol. The van der Waals surface area contributed by atoms with Crippen molar-refractivity contribution in [2.24, 2.45) is 0 Å². The highest BCUT2D eigenvalue weighted by atomic mass is 32.2. The topological polar surface area (TPSA) is 87.7 Å². The van der Waals surface area contributed by atoms with Crippen molar-refractivity contribution in [2.75, 3.05) is 29.0 Å². The van der Waals surface area contributed by atoms with E-state index in [2.05, 4.69) is 10.6 Å². The number of benzene rings is 2. The van der Waals surface area contributed by atoms with Gasteiger partial charge in [-0.05, 0) is 48.7 Å². The Morgan fingerprint density at radius 1 is 1.19 bits per heavy atom. The van der Waals surface area contributed by atoms with Crippen LogP contribution in [-0.4, -0.2) is 33.9 Å². The van der Waals surface area contributed by atoms with Crippen LogP contribution in [0.25, 0.3) is 0 Å². The molecule has 1 heterocycles. The molecule has 2 N–H and O–H groups in total. The highest BCUT2D eigenvalue weighted by Gasteiger charge is 2.28. The van der Waals surface area contributed by atoms with Crippen LogP contribution < -0.4 is 19.7 Å². The molecule has 7 nitrogen and oxygen atoms in total. The van der Waals surface area contributed by atoms with Gasteiger partial charge in [0.15, 0.2) is 0 Å². The van der Waals surface area contributed by atoms with Crippen molar-refractivity contribution in [3.8, 4) is 5.75 Å². The quantitative estimate of drug-likeness (QED) is 0.795. The van der Waals surface area contributed by atoms with Crippen LogP contribution in [-0.2, 0) is 23.0 Å². The number of sulfonamides is 1. The van der Waals surface area contributed by atoms with Gasteiger partial charge in [-0.2, -0.15) is 0 Å². The number of amides is 2. The Balaban J connectivity index is 1.64. The van der Waals surface area contributed by atoms with Gasteiger partial charge < -0.3 is 15.4 Å². The Labute approximate surface area is 159 Å². The van der Waals surface area contributed by atoms with Gasteiger partial charge in [0.25, 0.3) is 0 Å². The van der Waals surface area contributed by atoms with Crippen molar-refractivity contribution in [3.63, 3.8) is 0 Å². The van der Waals surface area contributed by atoms with Gasteiger partial charge in [0.05, 0.1) is 18.6 Å². The van der Waals surface area contributed by atoms with E-state index in [1.807, 2.05) is 30.3 Å². The molecule has 0 aliphatic carbocycles. The van der Waals surface area contributed by atoms with Crippen molar-refractivity contribution >= 4 is 27.4 Å². The highest BCUT2D eigenvalue weighted by Crippen LogP contribution is 2.33. The Bertz CT molecular complexity index is 926. The van der Waals surface area contributed by atoms with E-state index in [4.69, 9.17) is 4.74 Å². The fraction of sp³-hybridized carbons (Fsp3) is 0.316. The SMILES string of the molecule is CCS(=O)(=O)N1CCc2ccc(NC(=O)NCc3ccc(OC)cc3)cc21. The van der Waals surface area contributed by atoms with E-state index in [0.717, 1.165) is 16.9 Å². The molecular weight excluding hydrogens is 366 g/mol. The maximum Gasteiger partial charge on any atom is 0.319 e. The molecule has 0 unspecified atom stereocenters. The largest absolute Gasteiger partial charge is 0.497 e. The van der Waals surface area contributed by atoms with Crippen molar-refractivity contribution in [1.29, 1.82) is 0 Å². The molecule has 2 aromatic carbocycles. The molecule has 0 radical (unpaired) electrons. The Hall–Kier alpha value is -2.74. The molecule has 27 heavy (non-hydrogen) atoms. The Kier molecular flexibility index (Phi) is 5.55. The average Bonchev–Trinajstić information content (AvgIpc) is 3.11. The fourth-order valence-electron chi connectivity index (χ4n) is 2.97. The third kappa shape index (κ3) is 4.33. The number of anilines is 2. The molecule has 1 aliphatic heterocycles. The number of hydrogen-bond acceptors (Lipinski definition) is 4. The molecule has 0 saturated carbocycles. The summed E-state index contributed by atoms with van der Waals surface area (Å²) in [6, 6.07) is 12.4. The molecule has 1 aliphatic rings. The summed E-state index contributed by atoms with van der Waals surface area (Å²) in [7, 11) is -1.71. The number of carbonyl (C=O) groups is 1. The predicted molar refractivity (Wildman–Crippen MR) is 106 cm³/mol. The van der Waals surface area contributed by atoms with Crippen LogP contribution in [0.3, 0.4) is 0 Å². The molecular formula is C19H23N3O4S. The van der Waals surface area contributed by atoms with Crippen LogP contribution in [0.2, 0.25) is 0 Å². The van der Waals surface area contributed by atoms with E-state index in [1.165, 1.54) is 4.31 Å². The molecule has 2 aromatic rings.